The van der Waals surface area contributed by atoms with Crippen LogP contribution in [0.4, 0.5) is 11.4 Å². The summed E-state index contributed by atoms with van der Waals surface area (Å²) in [5, 5.41) is 8.90. The molecule has 2 aromatic rings. The van der Waals surface area contributed by atoms with Gasteiger partial charge in [0, 0.05) is 23.0 Å². The lowest BCUT2D eigenvalue weighted by molar-refractivity contribution is -0.114. The number of nitrogens with one attached hydrogen (secondary N) is 3. The second-order valence-corrected chi connectivity index (χ2v) is 6.58. The molecule has 0 heterocycles. The summed E-state index contributed by atoms with van der Waals surface area (Å²) in [7, 11) is 0. The molecule has 0 aliphatic carbocycles. The van der Waals surface area contributed by atoms with Crippen molar-refractivity contribution in [3.8, 4) is 0 Å². The number of amides is 2. The zero-order valence-corrected chi connectivity index (χ0v) is 15.8. The second-order valence-electron chi connectivity index (χ2n) is 6.58. The quantitative estimate of drug-likeness (QED) is 0.707. The number of aryl methyl sites for hydroxylation is 2. The lowest BCUT2D eigenvalue weighted by atomic mass is 10.1. The largest absolute Gasteiger partial charge is 0.376 e. The van der Waals surface area contributed by atoms with Gasteiger partial charge in [-0.2, -0.15) is 0 Å². The molecule has 0 aromatic heterocycles. The van der Waals surface area contributed by atoms with Gasteiger partial charge in [-0.1, -0.05) is 25.1 Å². The van der Waals surface area contributed by atoms with Gasteiger partial charge in [-0.05, 0) is 62.6 Å². The van der Waals surface area contributed by atoms with Crippen LogP contribution in [0.5, 0.6) is 0 Å². The topological polar surface area (TPSA) is 70.2 Å². The first-order chi connectivity index (χ1) is 12.4. The fourth-order valence-corrected chi connectivity index (χ4v) is 2.45. The van der Waals surface area contributed by atoms with Crippen LogP contribution in [0.1, 0.15) is 41.8 Å². The van der Waals surface area contributed by atoms with Crippen molar-refractivity contribution in [2.45, 2.75) is 40.2 Å². The fraction of sp³-hybridized carbons (Fsp3) is 0.333. The summed E-state index contributed by atoms with van der Waals surface area (Å²) in [5.74, 6) is -0.297. The van der Waals surface area contributed by atoms with Crippen LogP contribution in [0.3, 0.4) is 0 Å². The van der Waals surface area contributed by atoms with Crippen LogP contribution in [0.15, 0.2) is 42.5 Å². The summed E-state index contributed by atoms with van der Waals surface area (Å²) in [6.07, 6.45) is 0.867. The van der Waals surface area contributed by atoms with Crippen LogP contribution < -0.4 is 16.0 Å². The number of carbonyl (C=O) groups is 2. The normalized spacial score (nSPS) is 11.5. The van der Waals surface area contributed by atoms with Crippen LogP contribution in [-0.4, -0.2) is 24.4 Å². The maximum absolute atomic E-state index is 12.2. The predicted octanol–water partition coefficient (Wildman–Crippen LogP) is 3.88. The van der Waals surface area contributed by atoms with Crippen LogP contribution in [0, 0.1) is 13.8 Å². The average Bonchev–Trinajstić information content (AvgIpc) is 2.62. The summed E-state index contributed by atoms with van der Waals surface area (Å²) in [6.45, 7) is 8.15. The minimum Gasteiger partial charge on any atom is -0.376 e. The maximum Gasteiger partial charge on any atom is 0.251 e. The minimum atomic E-state index is -0.162. The fourth-order valence-electron chi connectivity index (χ4n) is 2.45. The Morgan fingerprint density at radius 3 is 2.58 bits per heavy atom. The molecule has 0 saturated heterocycles. The van der Waals surface area contributed by atoms with E-state index < -0.39 is 0 Å². The van der Waals surface area contributed by atoms with Gasteiger partial charge in [0.1, 0.15) is 0 Å². The van der Waals surface area contributed by atoms with E-state index in [2.05, 4.69) is 16.0 Å². The Morgan fingerprint density at radius 2 is 1.85 bits per heavy atom. The highest BCUT2D eigenvalue weighted by molar-refractivity contribution is 5.98. The zero-order valence-electron chi connectivity index (χ0n) is 15.8. The Balaban J connectivity index is 1.95. The molecule has 0 aliphatic heterocycles. The van der Waals surface area contributed by atoms with Crippen LogP contribution in [-0.2, 0) is 4.79 Å². The van der Waals surface area contributed by atoms with Gasteiger partial charge in [0.25, 0.3) is 5.91 Å². The van der Waals surface area contributed by atoms with Crippen molar-refractivity contribution in [3.63, 3.8) is 0 Å². The lowest BCUT2D eigenvalue weighted by Crippen LogP contribution is -2.32. The highest BCUT2D eigenvalue weighted by Gasteiger charge is 2.10. The van der Waals surface area contributed by atoms with Gasteiger partial charge in [-0.25, -0.2) is 0 Å². The molecule has 0 saturated carbocycles. The van der Waals surface area contributed by atoms with Crippen LogP contribution in [0.2, 0.25) is 0 Å². The molecular formula is C21H27N3O2. The van der Waals surface area contributed by atoms with E-state index in [1.54, 1.807) is 24.3 Å². The van der Waals surface area contributed by atoms with Gasteiger partial charge in [-0.15, -0.1) is 0 Å². The van der Waals surface area contributed by atoms with Crippen molar-refractivity contribution in [2.24, 2.45) is 0 Å². The number of rotatable bonds is 7. The third-order valence-electron chi connectivity index (χ3n) is 4.23. The van der Waals surface area contributed by atoms with Crippen molar-refractivity contribution in [2.75, 3.05) is 17.2 Å². The molecule has 1 unspecified atom stereocenters. The van der Waals surface area contributed by atoms with Gasteiger partial charge in [-0.3, -0.25) is 9.59 Å². The molecule has 138 valence electrons. The molecule has 0 fully saturated rings. The summed E-state index contributed by atoms with van der Waals surface area (Å²) in [4.78, 5) is 24.4. The van der Waals surface area contributed by atoms with Gasteiger partial charge in [0.05, 0.1) is 6.54 Å². The Morgan fingerprint density at radius 1 is 1.08 bits per heavy atom. The third kappa shape index (κ3) is 5.62. The zero-order chi connectivity index (χ0) is 19.1. The van der Waals surface area contributed by atoms with Crippen LogP contribution in [0.25, 0.3) is 0 Å². The summed E-state index contributed by atoms with van der Waals surface area (Å²) < 4.78 is 0. The van der Waals surface area contributed by atoms with E-state index in [0.717, 1.165) is 23.2 Å². The summed E-state index contributed by atoms with van der Waals surface area (Å²) >= 11 is 0. The Kier molecular flexibility index (Phi) is 6.78. The van der Waals surface area contributed by atoms with Gasteiger partial charge in [0.2, 0.25) is 5.91 Å². The molecule has 0 aliphatic rings. The number of carbonyl (C=O) groups excluding carboxylic acids is 2. The molecule has 26 heavy (non-hydrogen) atoms. The molecule has 5 nitrogen and oxygen atoms in total. The maximum atomic E-state index is 12.2. The first-order valence-corrected chi connectivity index (χ1v) is 8.91. The highest BCUT2D eigenvalue weighted by atomic mass is 16.2. The van der Waals surface area contributed by atoms with E-state index in [0.29, 0.717) is 11.3 Å². The molecule has 3 N–H and O–H groups in total. The minimum absolute atomic E-state index is 0.113. The van der Waals surface area contributed by atoms with E-state index in [4.69, 9.17) is 0 Å². The van der Waals surface area contributed by atoms with E-state index in [1.165, 1.54) is 0 Å². The van der Waals surface area contributed by atoms with E-state index >= 15 is 0 Å². The molecule has 0 radical (unpaired) electrons. The Hall–Kier alpha value is -2.82. The van der Waals surface area contributed by atoms with Crippen molar-refractivity contribution >= 4 is 23.2 Å². The Bertz CT molecular complexity index is 787. The molecule has 5 heteroatoms. The van der Waals surface area contributed by atoms with E-state index in [-0.39, 0.29) is 24.4 Å². The van der Waals surface area contributed by atoms with Crippen molar-refractivity contribution < 1.29 is 9.59 Å². The van der Waals surface area contributed by atoms with E-state index in [9.17, 15) is 9.59 Å². The van der Waals surface area contributed by atoms with Crippen molar-refractivity contribution in [1.82, 2.24) is 5.32 Å². The SMILES string of the molecule is CCC(C)NC(=O)c1cccc(NC(=O)CNc2cc(C)ccc2C)c1. The first-order valence-electron chi connectivity index (χ1n) is 8.91. The molecule has 1 atom stereocenters. The number of anilines is 2. The summed E-state index contributed by atoms with van der Waals surface area (Å²) in [5.41, 5.74) is 4.31. The smallest absolute Gasteiger partial charge is 0.251 e. The average molecular weight is 353 g/mol. The molecule has 2 aromatic carbocycles. The van der Waals surface area contributed by atoms with Crippen molar-refractivity contribution in [3.05, 3.63) is 59.2 Å². The molecule has 0 spiro atoms. The molecule has 2 rings (SSSR count). The molecule has 2 amide bonds. The molecular weight excluding hydrogens is 326 g/mol. The standard InChI is InChI=1S/C21H27N3O2/c1-5-16(4)23-21(26)17-7-6-8-18(12-17)24-20(25)13-22-19-11-14(2)9-10-15(19)3/h6-12,16,22H,5,13H2,1-4H3,(H,23,26)(H,24,25). The molecule has 0 bridgehead atoms. The number of hydrogen-bond acceptors (Lipinski definition) is 3. The number of hydrogen-bond donors (Lipinski definition) is 3. The predicted molar refractivity (Wildman–Crippen MR) is 107 cm³/mol. The van der Waals surface area contributed by atoms with E-state index in [1.807, 2.05) is 45.9 Å². The summed E-state index contributed by atoms with van der Waals surface area (Å²) in [6, 6.07) is 13.2. The van der Waals surface area contributed by atoms with Crippen molar-refractivity contribution in [1.29, 1.82) is 0 Å². The number of benzene rings is 2. The van der Waals surface area contributed by atoms with Crippen LogP contribution >= 0.6 is 0 Å². The lowest BCUT2D eigenvalue weighted by Gasteiger charge is -2.13. The monoisotopic (exact) mass is 353 g/mol. The highest BCUT2D eigenvalue weighted by Crippen LogP contribution is 2.16. The Labute approximate surface area is 155 Å². The first kappa shape index (κ1) is 19.5. The second kappa shape index (κ2) is 9.04. The van der Waals surface area contributed by atoms with Gasteiger partial charge < -0.3 is 16.0 Å². The van der Waals surface area contributed by atoms with Gasteiger partial charge >= 0.3 is 0 Å². The third-order valence-corrected chi connectivity index (χ3v) is 4.23. The van der Waals surface area contributed by atoms with Gasteiger partial charge in [0.15, 0.2) is 0 Å².